The molecule has 1 N–H and O–H groups in total. The van der Waals surface area contributed by atoms with Gasteiger partial charge in [-0.1, -0.05) is 0 Å². The summed E-state index contributed by atoms with van der Waals surface area (Å²) in [6.45, 7) is 4.56. The molecule has 0 bridgehead atoms. The summed E-state index contributed by atoms with van der Waals surface area (Å²) >= 11 is 0. The summed E-state index contributed by atoms with van der Waals surface area (Å²) in [7, 11) is 1.65. The minimum Gasteiger partial charge on any atom is -0.497 e. The van der Waals surface area contributed by atoms with Crippen LogP contribution in [0.4, 0.5) is 5.82 Å². The van der Waals surface area contributed by atoms with Gasteiger partial charge in [-0.05, 0) is 19.0 Å². The lowest BCUT2D eigenvalue weighted by Gasteiger charge is -2.35. The Labute approximate surface area is 119 Å². The van der Waals surface area contributed by atoms with E-state index in [2.05, 4.69) is 14.8 Å². The third kappa shape index (κ3) is 4.09. The topological polar surface area (TPSA) is 65.9 Å². The number of carboxylic acids is 1. The molecule has 0 spiro atoms. The SMILES string of the molecule is COc1ccnc(N2CCN(CCCC(=O)O)CC2)c1. The van der Waals surface area contributed by atoms with Gasteiger partial charge in [-0.25, -0.2) is 4.98 Å². The van der Waals surface area contributed by atoms with E-state index in [0.29, 0.717) is 6.42 Å². The lowest BCUT2D eigenvalue weighted by molar-refractivity contribution is -0.137. The summed E-state index contributed by atoms with van der Waals surface area (Å²) in [6, 6.07) is 3.78. The molecule has 0 saturated carbocycles. The Balaban J connectivity index is 1.80. The minimum absolute atomic E-state index is 0.248. The third-order valence-corrected chi connectivity index (χ3v) is 3.51. The minimum atomic E-state index is -0.718. The maximum atomic E-state index is 10.5. The van der Waals surface area contributed by atoms with Gasteiger partial charge < -0.3 is 14.7 Å². The molecule has 0 radical (unpaired) electrons. The summed E-state index contributed by atoms with van der Waals surface area (Å²) in [4.78, 5) is 19.4. The standard InChI is InChI=1S/C14H21N3O3/c1-20-12-4-5-15-13(11-12)17-9-7-16(8-10-17)6-2-3-14(18)19/h4-5,11H,2-3,6-10H2,1H3,(H,18,19). The van der Waals surface area contributed by atoms with Gasteiger partial charge in [0.25, 0.3) is 0 Å². The predicted molar refractivity (Wildman–Crippen MR) is 76.3 cm³/mol. The molecule has 0 aliphatic carbocycles. The molecule has 20 heavy (non-hydrogen) atoms. The summed E-state index contributed by atoms with van der Waals surface area (Å²) in [5.41, 5.74) is 0. The first kappa shape index (κ1) is 14.6. The zero-order valence-electron chi connectivity index (χ0n) is 11.8. The van der Waals surface area contributed by atoms with Gasteiger partial charge in [0.15, 0.2) is 0 Å². The van der Waals surface area contributed by atoms with Crippen molar-refractivity contribution in [3.63, 3.8) is 0 Å². The van der Waals surface area contributed by atoms with E-state index in [-0.39, 0.29) is 6.42 Å². The van der Waals surface area contributed by atoms with Crippen molar-refractivity contribution in [3.8, 4) is 5.75 Å². The molecular formula is C14H21N3O3. The average Bonchev–Trinajstić information content (AvgIpc) is 2.48. The van der Waals surface area contributed by atoms with E-state index in [1.807, 2.05) is 12.1 Å². The summed E-state index contributed by atoms with van der Waals surface area (Å²) < 4.78 is 5.21. The van der Waals surface area contributed by atoms with Crippen molar-refractivity contribution in [1.29, 1.82) is 0 Å². The van der Waals surface area contributed by atoms with Crippen molar-refractivity contribution in [2.45, 2.75) is 12.8 Å². The van der Waals surface area contributed by atoms with E-state index in [0.717, 1.165) is 44.3 Å². The molecule has 110 valence electrons. The van der Waals surface area contributed by atoms with E-state index in [4.69, 9.17) is 9.84 Å². The Kier molecular flexibility index (Phi) is 5.17. The second-order valence-corrected chi connectivity index (χ2v) is 4.88. The van der Waals surface area contributed by atoms with Crippen molar-refractivity contribution < 1.29 is 14.6 Å². The first-order valence-corrected chi connectivity index (χ1v) is 6.88. The van der Waals surface area contributed by atoms with Crippen LogP contribution in [0.1, 0.15) is 12.8 Å². The van der Waals surface area contributed by atoms with Crippen molar-refractivity contribution in [2.75, 3.05) is 44.7 Å². The van der Waals surface area contributed by atoms with Crippen LogP contribution < -0.4 is 9.64 Å². The van der Waals surface area contributed by atoms with E-state index >= 15 is 0 Å². The number of carboxylic acid groups (broad SMARTS) is 1. The van der Waals surface area contributed by atoms with Gasteiger partial charge >= 0.3 is 5.97 Å². The molecule has 1 aliphatic heterocycles. The number of aromatic nitrogens is 1. The smallest absolute Gasteiger partial charge is 0.303 e. The van der Waals surface area contributed by atoms with Gasteiger partial charge in [0.2, 0.25) is 0 Å². The van der Waals surface area contributed by atoms with Gasteiger partial charge in [-0.15, -0.1) is 0 Å². The predicted octanol–water partition coefficient (Wildman–Crippen LogP) is 1.08. The van der Waals surface area contributed by atoms with Gasteiger partial charge in [0, 0.05) is 44.9 Å². The molecular weight excluding hydrogens is 258 g/mol. The zero-order chi connectivity index (χ0) is 14.4. The van der Waals surface area contributed by atoms with Crippen LogP contribution in [-0.4, -0.2) is 60.8 Å². The highest BCUT2D eigenvalue weighted by molar-refractivity contribution is 5.66. The van der Waals surface area contributed by atoms with Crippen molar-refractivity contribution in [2.24, 2.45) is 0 Å². The molecule has 2 rings (SSSR count). The molecule has 6 nitrogen and oxygen atoms in total. The Morgan fingerprint density at radius 1 is 1.40 bits per heavy atom. The number of hydrogen-bond acceptors (Lipinski definition) is 5. The summed E-state index contributed by atoms with van der Waals surface area (Å²) in [5, 5.41) is 8.64. The van der Waals surface area contributed by atoms with Crippen LogP contribution >= 0.6 is 0 Å². The van der Waals surface area contributed by atoms with Crippen LogP contribution in [0.3, 0.4) is 0 Å². The van der Waals surface area contributed by atoms with Crippen molar-refractivity contribution in [3.05, 3.63) is 18.3 Å². The van der Waals surface area contributed by atoms with Crippen LogP contribution in [0, 0.1) is 0 Å². The molecule has 1 aliphatic rings. The van der Waals surface area contributed by atoms with Crippen LogP contribution in [0.5, 0.6) is 5.75 Å². The normalized spacial score (nSPS) is 16.1. The second kappa shape index (κ2) is 7.09. The Hall–Kier alpha value is -1.82. The molecule has 0 unspecified atom stereocenters. The lowest BCUT2D eigenvalue weighted by Crippen LogP contribution is -2.47. The molecule has 2 heterocycles. The Morgan fingerprint density at radius 2 is 2.15 bits per heavy atom. The number of aliphatic carboxylic acids is 1. The van der Waals surface area contributed by atoms with Crippen LogP contribution in [0.2, 0.25) is 0 Å². The maximum Gasteiger partial charge on any atom is 0.303 e. The summed E-state index contributed by atoms with van der Waals surface area (Å²) in [6.07, 6.45) is 2.72. The number of piperazine rings is 1. The number of methoxy groups -OCH3 is 1. The van der Waals surface area contributed by atoms with Gasteiger partial charge in [0.05, 0.1) is 7.11 Å². The fourth-order valence-corrected chi connectivity index (χ4v) is 2.35. The van der Waals surface area contributed by atoms with Crippen molar-refractivity contribution >= 4 is 11.8 Å². The van der Waals surface area contributed by atoms with E-state index in [1.54, 1.807) is 13.3 Å². The molecule has 0 amide bonds. The van der Waals surface area contributed by atoms with E-state index in [9.17, 15) is 4.79 Å². The monoisotopic (exact) mass is 279 g/mol. The number of ether oxygens (including phenoxy) is 1. The number of hydrogen-bond donors (Lipinski definition) is 1. The number of carbonyl (C=O) groups is 1. The number of nitrogens with zero attached hydrogens (tertiary/aromatic N) is 3. The highest BCUT2D eigenvalue weighted by Crippen LogP contribution is 2.19. The van der Waals surface area contributed by atoms with Gasteiger partial charge in [-0.2, -0.15) is 0 Å². The zero-order valence-corrected chi connectivity index (χ0v) is 11.8. The van der Waals surface area contributed by atoms with Gasteiger partial charge in [0.1, 0.15) is 11.6 Å². The summed E-state index contributed by atoms with van der Waals surface area (Å²) in [5.74, 6) is 1.04. The highest BCUT2D eigenvalue weighted by atomic mass is 16.5. The highest BCUT2D eigenvalue weighted by Gasteiger charge is 2.18. The largest absolute Gasteiger partial charge is 0.497 e. The first-order valence-electron chi connectivity index (χ1n) is 6.88. The number of pyridine rings is 1. The molecule has 1 saturated heterocycles. The van der Waals surface area contributed by atoms with Gasteiger partial charge in [-0.3, -0.25) is 9.69 Å². The first-order chi connectivity index (χ1) is 9.69. The van der Waals surface area contributed by atoms with E-state index < -0.39 is 5.97 Å². The molecule has 1 aromatic rings. The maximum absolute atomic E-state index is 10.5. The van der Waals surface area contributed by atoms with Crippen LogP contribution in [-0.2, 0) is 4.79 Å². The second-order valence-electron chi connectivity index (χ2n) is 4.88. The fraction of sp³-hybridized carbons (Fsp3) is 0.571. The average molecular weight is 279 g/mol. The molecule has 6 heteroatoms. The number of anilines is 1. The fourth-order valence-electron chi connectivity index (χ4n) is 2.35. The Bertz CT molecular complexity index is 445. The lowest BCUT2D eigenvalue weighted by atomic mass is 10.2. The van der Waals surface area contributed by atoms with Crippen LogP contribution in [0.25, 0.3) is 0 Å². The third-order valence-electron chi connectivity index (χ3n) is 3.51. The molecule has 0 atom stereocenters. The molecule has 0 aromatic carbocycles. The molecule has 1 fully saturated rings. The quantitative estimate of drug-likeness (QED) is 0.840. The van der Waals surface area contributed by atoms with Crippen LogP contribution in [0.15, 0.2) is 18.3 Å². The molecule has 1 aromatic heterocycles. The van der Waals surface area contributed by atoms with E-state index in [1.165, 1.54) is 0 Å². The Morgan fingerprint density at radius 3 is 2.80 bits per heavy atom. The van der Waals surface area contributed by atoms with Crippen molar-refractivity contribution in [1.82, 2.24) is 9.88 Å². The number of rotatable bonds is 6.